The van der Waals surface area contributed by atoms with Crippen LogP contribution in [0.5, 0.6) is 0 Å². The maximum atomic E-state index is 13.7. The number of aromatic nitrogens is 1. The summed E-state index contributed by atoms with van der Waals surface area (Å²) in [6.07, 6.45) is -3.29. The smallest absolute Gasteiger partial charge is 0.390 e. The number of aliphatic hydroxyl groups is 1. The SMILES string of the molecule is Cc1cc(-c2cccc3c(C)c[nH]c23)c(C#Cc2ccccc2C(F)(F)F)c2c1NC(C)(C)[C@@H](O)[C@@H]2C. The topological polar surface area (TPSA) is 48.0 Å². The van der Waals surface area contributed by atoms with Crippen LogP contribution in [0.25, 0.3) is 22.0 Å². The highest BCUT2D eigenvalue weighted by molar-refractivity contribution is 5.98. The van der Waals surface area contributed by atoms with Crippen molar-refractivity contribution in [1.29, 1.82) is 0 Å². The molecular weight excluding hydrogens is 473 g/mol. The number of hydrogen-bond donors (Lipinski definition) is 3. The Morgan fingerprint density at radius 3 is 2.41 bits per heavy atom. The lowest BCUT2D eigenvalue weighted by Crippen LogP contribution is -2.50. The molecule has 0 unspecified atom stereocenters. The molecule has 190 valence electrons. The second-order valence-corrected chi connectivity index (χ2v) is 10.5. The van der Waals surface area contributed by atoms with Gasteiger partial charge in [-0.1, -0.05) is 49.1 Å². The highest BCUT2D eigenvalue weighted by Crippen LogP contribution is 2.46. The summed E-state index contributed by atoms with van der Waals surface area (Å²) in [6, 6.07) is 13.4. The van der Waals surface area contributed by atoms with Crippen LogP contribution in [0, 0.1) is 25.7 Å². The Hall–Kier alpha value is -3.69. The highest BCUT2D eigenvalue weighted by Gasteiger charge is 2.41. The van der Waals surface area contributed by atoms with Crippen LogP contribution >= 0.6 is 0 Å². The predicted molar refractivity (Wildman–Crippen MR) is 143 cm³/mol. The van der Waals surface area contributed by atoms with Gasteiger partial charge in [0.2, 0.25) is 0 Å². The van der Waals surface area contributed by atoms with E-state index in [2.05, 4.69) is 22.1 Å². The summed E-state index contributed by atoms with van der Waals surface area (Å²) >= 11 is 0. The first-order valence-electron chi connectivity index (χ1n) is 12.3. The molecule has 0 fully saturated rings. The van der Waals surface area contributed by atoms with Gasteiger partial charge in [-0.15, -0.1) is 0 Å². The van der Waals surface area contributed by atoms with Crippen LogP contribution in [0.1, 0.15) is 60.1 Å². The highest BCUT2D eigenvalue weighted by atomic mass is 19.4. The van der Waals surface area contributed by atoms with E-state index >= 15 is 0 Å². The molecule has 2 heterocycles. The van der Waals surface area contributed by atoms with E-state index < -0.39 is 23.4 Å². The summed E-state index contributed by atoms with van der Waals surface area (Å²) in [5, 5.41) is 15.7. The lowest BCUT2D eigenvalue weighted by Gasteiger charge is -2.43. The van der Waals surface area contributed by atoms with E-state index in [9.17, 15) is 18.3 Å². The van der Waals surface area contributed by atoms with Crippen LogP contribution in [0.4, 0.5) is 18.9 Å². The van der Waals surface area contributed by atoms with Gasteiger partial charge in [-0.2, -0.15) is 13.2 Å². The zero-order chi connectivity index (χ0) is 26.7. The number of para-hydroxylation sites is 1. The number of aryl methyl sites for hydroxylation is 2. The fraction of sp³-hybridized carbons (Fsp3) is 0.290. The van der Waals surface area contributed by atoms with Crippen molar-refractivity contribution in [3.05, 3.63) is 88.1 Å². The second-order valence-electron chi connectivity index (χ2n) is 10.5. The van der Waals surface area contributed by atoms with Crippen molar-refractivity contribution in [3.63, 3.8) is 0 Å². The molecular formula is C31H29F3N2O. The molecule has 0 bridgehead atoms. The quantitative estimate of drug-likeness (QED) is 0.236. The van der Waals surface area contributed by atoms with Gasteiger partial charge in [-0.3, -0.25) is 0 Å². The molecule has 3 aromatic carbocycles. The van der Waals surface area contributed by atoms with E-state index in [1.54, 1.807) is 6.07 Å². The number of benzene rings is 3. The van der Waals surface area contributed by atoms with Gasteiger partial charge >= 0.3 is 6.18 Å². The van der Waals surface area contributed by atoms with Crippen molar-refractivity contribution in [2.24, 2.45) is 0 Å². The third-order valence-electron chi connectivity index (χ3n) is 7.45. The zero-order valence-electron chi connectivity index (χ0n) is 21.4. The van der Waals surface area contributed by atoms with Crippen molar-refractivity contribution < 1.29 is 18.3 Å². The first-order chi connectivity index (χ1) is 17.4. The summed E-state index contributed by atoms with van der Waals surface area (Å²) in [6.45, 7) is 9.87. The number of H-pyrrole nitrogens is 1. The second kappa shape index (κ2) is 8.71. The molecule has 1 aromatic heterocycles. The van der Waals surface area contributed by atoms with Gasteiger partial charge in [0.15, 0.2) is 0 Å². The maximum Gasteiger partial charge on any atom is 0.417 e. The molecule has 0 spiro atoms. The number of nitrogens with one attached hydrogen (secondary N) is 2. The number of fused-ring (bicyclic) bond motifs is 2. The lowest BCUT2D eigenvalue weighted by molar-refractivity contribution is -0.137. The average molecular weight is 503 g/mol. The minimum atomic E-state index is -4.51. The molecule has 0 saturated carbocycles. The third kappa shape index (κ3) is 4.18. The fourth-order valence-electron chi connectivity index (χ4n) is 5.48. The van der Waals surface area contributed by atoms with Gasteiger partial charge < -0.3 is 15.4 Å². The summed E-state index contributed by atoms with van der Waals surface area (Å²) in [5.41, 5.74) is 5.64. The number of halogens is 3. The molecule has 0 radical (unpaired) electrons. The van der Waals surface area contributed by atoms with Crippen LogP contribution < -0.4 is 5.32 Å². The average Bonchev–Trinajstić information content (AvgIpc) is 3.23. The minimum Gasteiger partial charge on any atom is -0.390 e. The Bertz CT molecular complexity index is 1580. The number of rotatable bonds is 1. The fourth-order valence-corrected chi connectivity index (χ4v) is 5.48. The van der Waals surface area contributed by atoms with Gasteiger partial charge in [0.1, 0.15) is 0 Å². The van der Waals surface area contributed by atoms with Gasteiger partial charge in [0.25, 0.3) is 0 Å². The summed E-state index contributed by atoms with van der Waals surface area (Å²) < 4.78 is 41.1. The molecule has 6 heteroatoms. The third-order valence-corrected chi connectivity index (χ3v) is 7.45. The minimum absolute atomic E-state index is 0.0819. The van der Waals surface area contributed by atoms with Gasteiger partial charge in [-0.25, -0.2) is 0 Å². The molecule has 1 aliphatic heterocycles. The van der Waals surface area contributed by atoms with Crippen molar-refractivity contribution in [1.82, 2.24) is 4.98 Å². The molecule has 0 saturated heterocycles. The molecule has 2 atom stereocenters. The maximum absolute atomic E-state index is 13.7. The first kappa shape index (κ1) is 25.0. The van der Waals surface area contributed by atoms with E-state index in [0.29, 0.717) is 5.56 Å². The number of anilines is 1. The molecule has 0 amide bonds. The van der Waals surface area contributed by atoms with E-state index in [0.717, 1.165) is 50.5 Å². The lowest BCUT2D eigenvalue weighted by atomic mass is 9.75. The number of aromatic amines is 1. The van der Waals surface area contributed by atoms with Crippen LogP contribution in [0.15, 0.2) is 54.7 Å². The normalized spacial score (nSPS) is 18.6. The van der Waals surface area contributed by atoms with E-state index in [1.807, 2.05) is 65.1 Å². The van der Waals surface area contributed by atoms with Crippen molar-refractivity contribution in [2.75, 3.05) is 5.32 Å². The summed E-state index contributed by atoms with van der Waals surface area (Å²) in [4.78, 5) is 3.36. The number of hydrogen-bond acceptors (Lipinski definition) is 2. The molecule has 3 N–H and O–H groups in total. The molecule has 4 aromatic rings. The van der Waals surface area contributed by atoms with Crippen LogP contribution in [-0.4, -0.2) is 21.7 Å². The molecule has 5 rings (SSSR count). The number of aliphatic hydroxyl groups excluding tert-OH is 1. The Morgan fingerprint density at radius 1 is 0.946 bits per heavy atom. The van der Waals surface area contributed by atoms with Gasteiger partial charge in [-0.05, 0) is 62.6 Å². The predicted octanol–water partition coefficient (Wildman–Crippen LogP) is 7.54. The molecule has 0 aliphatic carbocycles. The van der Waals surface area contributed by atoms with Crippen molar-refractivity contribution in [2.45, 2.75) is 58.4 Å². The van der Waals surface area contributed by atoms with E-state index in [-0.39, 0.29) is 11.5 Å². The zero-order valence-corrected chi connectivity index (χ0v) is 21.4. The van der Waals surface area contributed by atoms with Crippen LogP contribution in [0.2, 0.25) is 0 Å². The Morgan fingerprint density at radius 2 is 1.68 bits per heavy atom. The van der Waals surface area contributed by atoms with Gasteiger partial charge in [0, 0.05) is 45.4 Å². The van der Waals surface area contributed by atoms with E-state index in [1.165, 1.54) is 12.1 Å². The Balaban J connectivity index is 1.84. The van der Waals surface area contributed by atoms with Crippen molar-refractivity contribution in [3.8, 4) is 23.0 Å². The molecule has 37 heavy (non-hydrogen) atoms. The largest absolute Gasteiger partial charge is 0.417 e. The molecule has 3 nitrogen and oxygen atoms in total. The Kier molecular flexibility index (Phi) is 5.88. The van der Waals surface area contributed by atoms with Crippen molar-refractivity contribution >= 4 is 16.6 Å². The Labute approximate surface area is 214 Å². The standard InChI is InChI=1S/C31H29F3N2O/c1-17-15-24(23-11-8-10-21-18(2)16-35-28(21)23)22(26-19(3)29(37)30(4,5)36-27(17)26)14-13-20-9-6-7-12-25(20)31(32,33)34/h6-12,15-16,19,29,35-37H,1-5H3/t19-,29+/m1/s1. The van der Waals surface area contributed by atoms with Crippen LogP contribution in [0.3, 0.4) is 0 Å². The summed E-state index contributed by atoms with van der Waals surface area (Å²) in [5.74, 6) is 5.67. The summed E-state index contributed by atoms with van der Waals surface area (Å²) in [7, 11) is 0. The number of alkyl halides is 3. The monoisotopic (exact) mass is 502 g/mol. The first-order valence-corrected chi connectivity index (χ1v) is 12.3. The van der Waals surface area contributed by atoms with Gasteiger partial charge in [0.05, 0.1) is 22.7 Å². The van der Waals surface area contributed by atoms with E-state index in [4.69, 9.17) is 0 Å². The van der Waals surface area contributed by atoms with Crippen LogP contribution in [-0.2, 0) is 6.18 Å². The molecule has 1 aliphatic rings.